The third-order valence-corrected chi connectivity index (χ3v) is 5.88. The van der Waals surface area contributed by atoms with Gasteiger partial charge in [0.15, 0.2) is 12.6 Å². The van der Waals surface area contributed by atoms with Gasteiger partial charge < -0.3 is 19.9 Å². The monoisotopic (exact) mass is 504 g/mol. The quantitative estimate of drug-likeness (QED) is 0.296. The summed E-state index contributed by atoms with van der Waals surface area (Å²) in [6, 6.07) is 7.71. The van der Waals surface area contributed by atoms with E-state index in [1.54, 1.807) is 0 Å². The van der Waals surface area contributed by atoms with Crippen molar-refractivity contribution < 1.29 is 9.53 Å². The topological polar surface area (TPSA) is 57.2 Å². The predicted molar refractivity (Wildman–Crippen MR) is 124 cm³/mol. The Bertz CT molecular complexity index is 683. The van der Waals surface area contributed by atoms with E-state index in [0.29, 0.717) is 6.54 Å². The molecule has 2 aliphatic heterocycles. The minimum Gasteiger partial charge on any atom is -0.482 e. The van der Waals surface area contributed by atoms with Crippen molar-refractivity contribution in [2.45, 2.75) is 25.0 Å². The number of carbonyl (C=O) groups is 1. The van der Waals surface area contributed by atoms with Crippen molar-refractivity contribution in [3.63, 3.8) is 0 Å². The first-order valence-corrected chi connectivity index (χ1v) is 10.1. The number of guanidine groups is 1. The van der Waals surface area contributed by atoms with Crippen LogP contribution in [-0.2, 0) is 4.79 Å². The van der Waals surface area contributed by atoms with E-state index >= 15 is 0 Å². The molecule has 1 aromatic carbocycles. The summed E-state index contributed by atoms with van der Waals surface area (Å²) < 4.78 is 5.74. The molecule has 0 unspecified atom stereocenters. The molecule has 6 nitrogen and oxygen atoms in total. The minimum absolute atomic E-state index is 0. The number of hydrogen-bond donors (Lipinski definition) is 1. The lowest BCUT2D eigenvalue weighted by molar-refractivity contribution is -0.121. The summed E-state index contributed by atoms with van der Waals surface area (Å²) in [5.41, 5.74) is 0.864. The molecule has 0 aliphatic carbocycles. The Morgan fingerprint density at radius 1 is 1.37 bits per heavy atom. The van der Waals surface area contributed by atoms with Crippen molar-refractivity contribution in [3.8, 4) is 5.75 Å². The zero-order valence-electron chi connectivity index (χ0n) is 16.2. The van der Waals surface area contributed by atoms with E-state index < -0.39 is 0 Å². The lowest BCUT2D eigenvalue weighted by atomic mass is 10.2. The first-order valence-electron chi connectivity index (χ1n) is 9.12. The van der Waals surface area contributed by atoms with Gasteiger partial charge in [-0.15, -0.1) is 24.0 Å². The van der Waals surface area contributed by atoms with Crippen molar-refractivity contribution in [2.24, 2.45) is 4.99 Å². The van der Waals surface area contributed by atoms with Gasteiger partial charge in [0.25, 0.3) is 5.91 Å². The summed E-state index contributed by atoms with van der Waals surface area (Å²) in [5, 5.41) is 3.45. The molecule has 1 aromatic rings. The van der Waals surface area contributed by atoms with E-state index in [0.717, 1.165) is 49.2 Å². The van der Waals surface area contributed by atoms with Crippen LogP contribution >= 0.6 is 35.7 Å². The van der Waals surface area contributed by atoms with E-state index in [9.17, 15) is 4.79 Å². The number of halogens is 1. The molecule has 2 aliphatic rings. The second-order valence-electron chi connectivity index (χ2n) is 7.16. The Balaban J connectivity index is 0.00000261. The minimum atomic E-state index is 0. The zero-order valence-corrected chi connectivity index (χ0v) is 19.4. The normalized spacial score (nSPS) is 19.1. The van der Waals surface area contributed by atoms with Crippen LogP contribution in [0.2, 0.25) is 0 Å². The lowest BCUT2D eigenvalue weighted by Gasteiger charge is -2.39. The summed E-state index contributed by atoms with van der Waals surface area (Å²) in [7, 11) is 1.83. The number of para-hydroxylation sites is 2. The van der Waals surface area contributed by atoms with Crippen molar-refractivity contribution in [2.75, 3.05) is 50.5 Å². The molecule has 3 rings (SSSR count). The van der Waals surface area contributed by atoms with E-state index in [-0.39, 0.29) is 41.2 Å². The van der Waals surface area contributed by atoms with Gasteiger partial charge in [0, 0.05) is 43.7 Å². The summed E-state index contributed by atoms with van der Waals surface area (Å²) >= 11 is 2.01. The fraction of sp³-hybridized carbons (Fsp3) is 0.579. The third-order valence-electron chi connectivity index (χ3n) is 4.59. The van der Waals surface area contributed by atoms with Crippen LogP contribution < -0.4 is 15.0 Å². The molecule has 1 fully saturated rings. The maximum atomic E-state index is 12.2. The molecule has 0 bridgehead atoms. The highest BCUT2D eigenvalue weighted by Crippen LogP contribution is 2.31. The van der Waals surface area contributed by atoms with Gasteiger partial charge in [0.1, 0.15) is 5.75 Å². The number of anilines is 1. The molecule has 0 aromatic heterocycles. The number of aliphatic imine (C=N–C) groups is 1. The Labute approximate surface area is 183 Å². The van der Waals surface area contributed by atoms with Crippen LogP contribution in [0.3, 0.4) is 0 Å². The number of carbonyl (C=O) groups excluding carboxylic acids is 1. The van der Waals surface area contributed by atoms with Crippen LogP contribution in [0.1, 0.15) is 20.3 Å². The van der Waals surface area contributed by atoms with Crippen LogP contribution in [0.5, 0.6) is 5.75 Å². The second-order valence-corrected chi connectivity index (χ2v) is 8.96. The molecular formula is C19H29IN4O2S. The second kappa shape index (κ2) is 9.86. The summed E-state index contributed by atoms with van der Waals surface area (Å²) in [6.45, 7) is 8.13. The standard InChI is InChI=1S/C19H28N4O2S.HI/c1-19(2)14-22(11-12-26-19)18(20-3)21-9-6-10-23-15-7-4-5-8-16(15)25-13-17(23)24;/h4-5,7-8H,6,9-14H2,1-3H3,(H,20,21);1H. The molecule has 0 saturated carbocycles. The number of thioether (sulfide) groups is 1. The van der Waals surface area contributed by atoms with Gasteiger partial charge in [0.05, 0.1) is 5.69 Å². The molecule has 27 heavy (non-hydrogen) atoms. The predicted octanol–water partition coefficient (Wildman–Crippen LogP) is 2.82. The summed E-state index contributed by atoms with van der Waals surface area (Å²) in [4.78, 5) is 20.8. The number of rotatable bonds is 4. The van der Waals surface area contributed by atoms with Gasteiger partial charge in [-0.1, -0.05) is 12.1 Å². The van der Waals surface area contributed by atoms with Gasteiger partial charge >= 0.3 is 0 Å². The number of hydrogen-bond acceptors (Lipinski definition) is 4. The molecule has 0 radical (unpaired) electrons. The van der Waals surface area contributed by atoms with Crippen molar-refractivity contribution in [1.29, 1.82) is 0 Å². The smallest absolute Gasteiger partial charge is 0.265 e. The van der Waals surface area contributed by atoms with Gasteiger partial charge in [0.2, 0.25) is 0 Å². The SMILES string of the molecule is CN=C(NCCCN1C(=O)COc2ccccc21)N1CCSC(C)(C)C1.I. The van der Waals surface area contributed by atoms with E-state index in [4.69, 9.17) is 4.74 Å². The van der Waals surface area contributed by atoms with Crippen LogP contribution in [0.15, 0.2) is 29.3 Å². The van der Waals surface area contributed by atoms with Crippen LogP contribution in [0.4, 0.5) is 5.69 Å². The van der Waals surface area contributed by atoms with Gasteiger partial charge in [-0.25, -0.2) is 0 Å². The first kappa shape index (κ1) is 22.1. The van der Waals surface area contributed by atoms with Crippen molar-refractivity contribution in [3.05, 3.63) is 24.3 Å². The molecular weight excluding hydrogens is 475 g/mol. The van der Waals surface area contributed by atoms with Crippen LogP contribution in [-0.4, -0.2) is 67.1 Å². The maximum absolute atomic E-state index is 12.2. The highest BCUT2D eigenvalue weighted by molar-refractivity contribution is 14.0. The number of benzene rings is 1. The number of ether oxygens (including phenoxy) is 1. The highest BCUT2D eigenvalue weighted by atomic mass is 127. The molecule has 8 heteroatoms. The first-order chi connectivity index (χ1) is 12.5. The number of fused-ring (bicyclic) bond motifs is 1. The largest absolute Gasteiger partial charge is 0.482 e. The lowest BCUT2D eigenvalue weighted by Crippen LogP contribution is -2.51. The van der Waals surface area contributed by atoms with Crippen molar-refractivity contribution in [1.82, 2.24) is 10.2 Å². The van der Waals surface area contributed by atoms with Gasteiger partial charge in [-0.05, 0) is 32.4 Å². The Kier molecular flexibility index (Phi) is 8.08. The average molecular weight is 504 g/mol. The number of nitrogens with zero attached hydrogens (tertiary/aromatic N) is 3. The van der Waals surface area contributed by atoms with Gasteiger partial charge in [-0.3, -0.25) is 9.79 Å². The molecule has 2 heterocycles. The Morgan fingerprint density at radius 3 is 2.89 bits per heavy atom. The van der Waals surface area contributed by atoms with Crippen LogP contribution in [0, 0.1) is 0 Å². The van der Waals surface area contributed by atoms with Crippen molar-refractivity contribution >= 4 is 53.3 Å². The Hall–Kier alpha value is -1.16. The molecule has 1 saturated heterocycles. The molecule has 1 N–H and O–H groups in total. The molecule has 1 amide bonds. The maximum Gasteiger partial charge on any atom is 0.265 e. The zero-order chi connectivity index (χ0) is 18.6. The average Bonchev–Trinajstić information content (AvgIpc) is 2.62. The number of amides is 1. The summed E-state index contributed by atoms with van der Waals surface area (Å²) in [5.74, 6) is 2.87. The van der Waals surface area contributed by atoms with Gasteiger partial charge in [-0.2, -0.15) is 11.8 Å². The Morgan fingerprint density at radius 2 is 2.15 bits per heavy atom. The van der Waals surface area contributed by atoms with E-state index in [1.807, 2.05) is 48.0 Å². The van der Waals surface area contributed by atoms with Crippen LogP contribution in [0.25, 0.3) is 0 Å². The highest BCUT2D eigenvalue weighted by Gasteiger charge is 2.29. The molecule has 0 atom stereocenters. The fourth-order valence-corrected chi connectivity index (χ4v) is 4.48. The fourth-order valence-electron chi connectivity index (χ4n) is 3.37. The number of nitrogens with one attached hydrogen (secondary N) is 1. The molecule has 0 spiro atoms. The summed E-state index contributed by atoms with van der Waals surface area (Å²) in [6.07, 6.45) is 0.852. The van der Waals surface area contributed by atoms with E-state index in [1.165, 1.54) is 0 Å². The van der Waals surface area contributed by atoms with E-state index in [2.05, 4.69) is 29.1 Å². The third kappa shape index (κ3) is 5.66. The molecule has 150 valence electrons.